The van der Waals surface area contributed by atoms with Crippen molar-refractivity contribution in [2.75, 3.05) is 39.8 Å². The number of likely N-dealkylation sites (N-methyl/N-ethyl adjacent to an activating group) is 1. The molecule has 35 heavy (non-hydrogen) atoms. The van der Waals surface area contributed by atoms with Crippen molar-refractivity contribution in [1.82, 2.24) is 9.80 Å². The van der Waals surface area contributed by atoms with Crippen LogP contribution in [0.15, 0.2) is 47.4 Å². The first-order valence-corrected chi connectivity index (χ1v) is 13.5. The third-order valence-corrected chi connectivity index (χ3v) is 9.90. The van der Waals surface area contributed by atoms with Crippen LogP contribution in [0.3, 0.4) is 0 Å². The number of piperazine rings is 1. The molecule has 190 valence electrons. The minimum absolute atomic E-state index is 0.00447. The average Bonchev–Trinajstić information content (AvgIpc) is 2.85. The van der Waals surface area contributed by atoms with Crippen LogP contribution in [0.2, 0.25) is 5.02 Å². The Hall–Kier alpha value is -2.07. The zero-order valence-electron chi connectivity index (χ0n) is 19.6. The van der Waals surface area contributed by atoms with Crippen molar-refractivity contribution in [3.8, 4) is 0 Å². The van der Waals surface area contributed by atoms with Gasteiger partial charge in [-0.25, -0.2) is 17.2 Å². The number of hydrogen-bond acceptors (Lipinski definition) is 5. The molecule has 1 aliphatic carbocycles. The highest BCUT2D eigenvalue weighted by Gasteiger charge is 2.50. The molecule has 2 aromatic carbocycles. The predicted molar refractivity (Wildman–Crippen MR) is 129 cm³/mol. The van der Waals surface area contributed by atoms with E-state index in [-0.39, 0.29) is 41.9 Å². The summed E-state index contributed by atoms with van der Waals surface area (Å²) in [6, 6.07) is 8.59. The van der Waals surface area contributed by atoms with Crippen LogP contribution in [0.25, 0.3) is 0 Å². The molecule has 0 radical (unpaired) electrons. The molecule has 1 heterocycles. The van der Waals surface area contributed by atoms with Crippen molar-refractivity contribution in [1.29, 1.82) is 0 Å². The normalized spacial score (nSPS) is 23.9. The summed E-state index contributed by atoms with van der Waals surface area (Å²) in [6.07, 6.45) is 0.297. The fourth-order valence-electron chi connectivity index (χ4n) is 4.93. The van der Waals surface area contributed by atoms with E-state index in [0.717, 1.165) is 31.3 Å². The van der Waals surface area contributed by atoms with Crippen LogP contribution in [0.1, 0.15) is 31.2 Å². The van der Waals surface area contributed by atoms with E-state index in [1.54, 1.807) is 4.90 Å². The minimum atomic E-state index is -4.11. The Balaban J connectivity index is 1.54. The predicted octanol–water partition coefficient (Wildman–Crippen LogP) is 4.02. The van der Waals surface area contributed by atoms with E-state index in [2.05, 4.69) is 4.90 Å². The maximum absolute atomic E-state index is 15.0. The number of halogens is 3. The number of carbonyl (C=O) groups excluding carboxylic acids is 1. The first-order valence-electron chi connectivity index (χ1n) is 11.7. The lowest BCUT2D eigenvalue weighted by molar-refractivity contribution is -0.140. The largest absolute Gasteiger partial charge is 0.368 e. The molecule has 2 fully saturated rings. The summed E-state index contributed by atoms with van der Waals surface area (Å²) in [5, 5.41) is 0.372. The Labute approximate surface area is 209 Å². The van der Waals surface area contributed by atoms with Gasteiger partial charge in [-0.3, -0.25) is 4.79 Å². The average molecular weight is 527 g/mol. The van der Waals surface area contributed by atoms with Crippen LogP contribution >= 0.6 is 11.6 Å². The molecule has 4 rings (SSSR count). The molecule has 0 atom stereocenters. The van der Waals surface area contributed by atoms with Crippen molar-refractivity contribution in [2.24, 2.45) is 0 Å². The van der Waals surface area contributed by atoms with E-state index in [1.807, 2.05) is 7.05 Å². The number of carbonyl (C=O) groups is 1. The number of amides is 1. The second kappa shape index (κ2) is 10.5. The number of sulfone groups is 1. The molecule has 1 amide bonds. The Bertz CT molecular complexity index is 1160. The smallest absolute Gasteiger partial charge is 0.248 e. The molecule has 1 saturated heterocycles. The standard InChI is InChI=1S/C25H29ClF2N2O4S/c1-29-12-14-30(15-13-29)24(31)17-34-20-8-10-25(11-9-20,22-16-19(27)4-7-23(22)28)35(32,33)21-5-2-18(26)3-6-21/h2-7,16,20H,8-15,17H2,1H3/t20-,25+. The highest BCUT2D eigenvalue weighted by atomic mass is 35.5. The Kier molecular flexibility index (Phi) is 7.80. The molecule has 0 aromatic heterocycles. The van der Waals surface area contributed by atoms with Crippen LogP contribution < -0.4 is 0 Å². The van der Waals surface area contributed by atoms with Gasteiger partial charge in [-0.15, -0.1) is 0 Å². The van der Waals surface area contributed by atoms with E-state index in [4.69, 9.17) is 16.3 Å². The second-order valence-electron chi connectivity index (χ2n) is 9.27. The summed E-state index contributed by atoms with van der Waals surface area (Å²) in [4.78, 5) is 16.4. The van der Waals surface area contributed by atoms with E-state index >= 15 is 0 Å². The summed E-state index contributed by atoms with van der Waals surface area (Å²) in [5.41, 5.74) is -0.181. The molecular formula is C25H29ClF2N2O4S. The van der Waals surface area contributed by atoms with Crippen LogP contribution in [0.5, 0.6) is 0 Å². The highest BCUT2D eigenvalue weighted by molar-refractivity contribution is 7.92. The molecule has 1 saturated carbocycles. The van der Waals surface area contributed by atoms with Crippen molar-refractivity contribution >= 4 is 27.3 Å². The SMILES string of the molecule is CN1CCN(C(=O)CO[C@H]2CC[C@@](c3cc(F)ccc3F)(S(=O)(=O)c3ccc(Cl)cc3)CC2)CC1. The number of ether oxygens (including phenoxy) is 1. The van der Waals surface area contributed by atoms with E-state index in [0.29, 0.717) is 31.0 Å². The summed E-state index contributed by atoms with van der Waals surface area (Å²) < 4.78 is 61.0. The van der Waals surface area contributed by atoms with Crippen molar-refractivity contribution in [3.05, 3.63) is 64.7 Å². The van der Waals surface area contributed by atoms with Crippen molar-refractivity contribution in [3.63, 3.8) is 0 Å². The van der Waals surface area contributed by atoms with E-state index in [9.17, 15) is 22.0 Å². The molecule has 0 N–H and O–H groups in total. The summed E-state index contributed by atoms with van der Waals surface area (Å²) in [7, 11) is -2.10. The number of rotatable bonds is 6. The van der Waals surface area contributed by atoms with Crippen LogP contribution in [-0.2, 0) is 24.1 Å². The van der Waals surface area contributed by atoms with Crippen molar-refractivity contribution < 1.29 is 26.7 Å². The molecule has 10 heteroatoms. The van der Waals surface area contributed by atoms with E-state index in [1.165, 1.54) is 24.3 Å². The van der Waals surface area contributed by atoms with Gasteiger partial charge in [0.1, 0.15) is 23.0 Å². The van der Waals surface area contributed by atoms with Gasteiger partial charge < -0.3 is 14.5 Å². The minimum Gasteiger partial charge on any atom is -0.368 e. The maximum Gasteiger partial charge on any atom is 0.248 e. The second-order valence-corrected chi connectivity index (χ2v) is 12.0. The molecule has 6 nitrogen and oxygen atoms in total. The number of nitrogens with zero attached hydrogens (tertiary/aromatic N) is 2. The first kappa shape index (κ1) is 26.0. The van der Waals surface area contributed by atoms with Crippen LogP contribution in [-0.4, -0.2) is 70.1 Å². The number of benzene rings is 2. The first-order chi connectivity index (χ1) is 16.6. The topological polar surface area (TPSA) is 66.9 Å². The summed E-state index contributed by atoms with van der Waals surface area (Å²) >= 11 is 5.93. The molecule has 0 spiro atoms. The molecule has 2 aromatic rings. The van der Waals surface area contributed by atoms with Crippen LogP contribution in [0.4, 0.5) is 8.78 Å². The summed E-state index contributed by atoms with van der Waals surface area (Å²) in [5.74, 6) is -1.57. The van der Waals surface area contributed by atoms with Gasteiger partial charge in [0, 0.05) is 36.8 Å². The van der Waals surface area contributed by atoms with Gasteiger partial charge in [0.05, 0.1) is 11.0 Å². The van der Waals surface area contributed by atoms with Gasteiger partial charge in [-0.05, 0) is 75.2 Å². The van der Waals surface area contributed by atoms with Gasteiger partial charge in [0.15, 0.2) is 9.84 Å². The lowest BCUT2D eigenvalue weighted by Gasteiger charge is -2.40. The Morgan fingerprint density at radius 3 is 2.31 bits per heavy atom. The zero-order valence-corrected chi connectivity index (χ0v) is 21.1. The molecule has 0 bridgehead atoms. The fourth-order valence-corrected chi connectivity index (χ4v) is 7.22. The van der Waals surface area contributed by atoms with Crippen LogP contribution in [0, 0.1) is 11.6 Å². The molecule has 2 aliphatic rings. The van der Waals surface area contributed by atoms with Gasteiger partial charge >= 0.3 is 0 Å². The maximum atomic E-state index is 15.0. The van der Waals surface area contributed by atoms with Gasteiger partial charge in [0.2, 0.25) is 5.91 Å². The molecular weight excluding hydrogens is 498 g/mol. The zero-order chi connectivity index (χ0) is 25.2. The van der Waals surface area contributed by atoms with Crippen molar-refractivity contribution in [2.45, 2.75) is 41.4 Å². The Morgan fingerprint density at radius 2 is 1.69 bits per heavy atom. The van der Waals surface area contributed by atoms with E-state index < -0.39 is 26.2 Å². The quantitative estimate of drug-likeness (QED) is 0.569. The third-order valence-electron chi connectivity index (χ3n) is 7.10. The molecule has 1 aliphatic heterocycles. The van der Waals surface area contributed by atoms with Gasteiger partial charge in [-0.1, -0.05) is 11.6 Å². The number of hydrogen-bond donors (Lipinski definition) is 0. The fraction of sp³-hybridized carbons (Fsp3) is 0.480. The lowest BCUT2D eigenvalue weighted by Crippen LogP contribution is -2.48. The highest BCUT2D eigenvalue weighted by Crippen LogP contribution is 2.48. The molecule has 0 unspecified atom stereocenters. The van der Waals surface area contributed by atoms with Gasteiger partial charge in [0.25, 0.3) is 0 Å². The van der Waals surface area contributed by atoms with Gasteiger partial charge in [-0.2, -0.15) is 0 Å². The lowest BCUT2D eigenvalue weighted by atomic mass is 9.81. The third kappa shape index (κ3) is 5.38. The monoisotopic (exact) mass is 526 g/mol. The summed E-state index contributed by atoms with van der Waals surface area (Å²) in [6.45, 7) is 2.81. The Morgan fingerprint density at radius 1 is 1.06 bits per heavy atom.